The maximum Gasteiger partial charge on any atom is 0.298 e. The number of carbonyl (C=O) groups excluding carboxylic acids is 1. The molecule has 0 radical (unpaired) electrons. The average Bonchev–Trinajstić information content (AvgIpc) is 3.15. The molecule has 0 aliphatic heterocycles. The summed E-state index contributed by atoms with van der Waals surface area (Å²) in [6.07, 6.45) is 0. The molecule has 36 heavy (non-hydrogen) atoms. The second-order valence-corrected chi connectivity index (χ2v) is 9.35. The number of rotatable bonds is 5. The highest BCUT2D eigenvalue weighted by Crippen LogP contribution is 2.50. The van der Waals surface area contributed by atoms with Crippen molar-refractivity contribution in [1.29, 1.82) is 0 Å². The molecule has 0 bridgehead atoms. The van der Waals surface area contributed by atoms with Crippen LogP contribution in [0.1, 0.15) is 25.0 Å². The molecule has 5 aromatic rings. The molecule has 0 saturated heterocycles. The second kappa shape index (κ2) is 8.54. The van der Waals surface area contributed by atoms with Gasteiger partial charge < -0.3 is 4.74 Å². The van der Waals surface area contributed by atoms with Gasteiger partial charge in [-0.1, -0.05) is 92.7 Å². The molecule has 1 aliphatic carbocycles. The normalized spacial score (nSPS) is 13.1. The second-order valence-electron chi connectivity index (χ2n) is 9.35. The molecular weight excluding hydrogens is 446 g/mol. The molecular formula is C31H23N3O2. The summed E-state index contributed by atoms with van der Waals surface area (Å²) >= 11 is 0. The zero-order chi connectivity index (χ0) is 24.7. The molecule has 174 valence electrons. The molecule has 0 amide bonds. The summed E-state index contributed by atoms with van der Waals surface area (Å²) in [4.78, 5) is 25.4. The number of hydrogen-bond donors (Lipinski definition) is 0. The summed E-state index contributed by atoms with van der Waals surface area (Å²) in [7, 11) is 0. The first-order valence-corrected chi connectivity index (χ1v) is 11.8. The van der Waals surface area contributed by atoms with E-state index in [1.54, 1.807) is 0 Å². The minimum atomic E-state index is -0.277. The third-order valence-corrected chi connectivity index (χ3v) is 6.79. The topological polar surface area (TPSA) is 65.0 Å². The predicted octanol–water partition coefficient (Wildman–Crippen LogP) is 6.71. The molecule has 1 aromatic heterocycles. The van der Waals surface area contributed by atoms with Gasteiger partial charge >= 0.3 is 0 Å². The number of hydrogen-bond acceptors (Lipinski definition) is 5. The van der Waals surface area contributed by atoms with Crippen molar-refractivity contribution in [2.24, 2.45) is 0 Å². The molecule has 0 N–H and O–H groups in total. The van der Waals surface area contributed by atoms with Crippen molar-refractivity contribution in [3.63, 3.8) is 0 Å². The van der Waals surface area contributed by atoms with Crippen molar-refractivity contribution in [2.45, 2.75) is 19.3 Å². The van der Waals surface area contributed by atoms with E-state index in [1.807, 2.05) is 78.9 Å². The van der Waals surface area contributed by atoms with Gasteiger partial charge in [0.2, 0.25) is 0 Å². The SMILES string of the molecule is CC1(C)c2cc(OC=O)ccc2-c2ccc(-c3nc(-c4ccccc4)nc(-c4ccccc4)n3)cc21. The highest BCUT2D eigenvalue weighted by Gasteiger charge is 2.36. The Morgan fingerprint density at radius 2 is 1.11 bits per heavy atom. The Morgan fingerprint density at radius 3 is 1.67 bits per heavy atom. The lowest BCUT2D eigenvalue weighted by Gasteiger charge is -2.22. The molecule has 1 aliphatic rings. The van der Waals surface area contributed by atoms with Gasteiger partial charge in [-0.15, -0.1) is 0 Å². The molecule has 0 spiro atoms. The maximum absolute atomic E-state index is 10.9. The van der Waals surface area contributed by atoms with Crippen LogP contribution >= 0.6 is 0 Å². The Hall–Kier alpha value is -4.64. The fourth-order valence-corrected chi connectivity index (χ4v) is 4.92. The predicted molar refractivity (Wildman–Crippen MR) is 140 cm³/mol. The Morgan fingerprint density at radius 1 is 0.611 bits per heavy atom. The number of benzene rings is 4. The highest BCUT2D eigenvalue weighted by atomic mass is 16.5. The summed E-state index contributed by atoms with van der Waals surface area (Å²) in [5.41, 5.74) is 7.14. The molecule has 0 saturated carbocycles. The van der Waals surface area contributed by atoms with E-state index in [4.69, 9.17) is 19.7 Å². The number of carbonyl (C=O) groups is 1. The van der Waals surface area contributed by atoms with Crippen LogP contribution in [-0.2, 0) is 10.2 Å². The highest BCUT2D eigenvalue weighted by molar-refractivity contribution is 5.83. The number of ether oxygens (including phenoxy) is 1. The molecule has 5 heteroatoms. The molecule has 0 fully saturated rings. The Labute approximate surface area is 209 Å². The van der Waals surface area contributed by atoms with Crippen molar-refractivity contribution >= 4 is 6.47 Å². The first kappa shape index (κ1) is 21.9. The van der Waals surface area contributed by atoms with Crippen LogP contribution in [0.15, 0.2) is 97.1 Å². The quantitative estimate of drug-likeness (QED) is 0.268. The summed E-state index contributed by atoms with van der Waals surface area (Å²) in [6.45, 7) is 4.83. The zero-order valence-electron chi connectivity index (χ0n) is 20.0. The van der Waals surface area contributed by atoms with E-state index >= 15 is 0 Å². The molecule has 5 nitrogen and oxygen atoms in total. The lowest BCUT2D eigenvalue weighted by molar-refractivity contribution is -0.120. The van der Waals surface area contributed by atoms with Gasteiger partial charge in [0.25, 0.3) is 6.47 Å². The first-order chi connectivity index (χ1) is 17.5. The Kier molecular flexibility index (Phi) is 5.19. The minimum Gasteiger partial charge on any atom is -0.429 e. The van der Waals surface area contributed by atoms with Gasteiger partial charge in [-0.2, -0.15) is 0 Å². The van der Waals surface area contributed by atoms with E-state index in [0.717, 1.165) is 33.4 Å². The van der Waals surface area contributed by atoms with Crippen molar-refractivity contribution in [3.8, 4) is 51.0 Å². The summed E-state index contributed by atoms with van der Waals surface area (Å²) in [5.74, 6) is 2.45. The maximum atomic E-state index is 10.9. The van der Waals surface area contributed by atoms with Gasteiger partial charge in [0.15, 0.2) is 17.5 Å². The van der Waals surface area contributed by atoms with Crippen LogP contribution in [0.25, 0.3) is 45.3 Å². The van der Waals surface area contributed by atoms with E-state index in [1.165, 1.54) is 5.56 Å². The lowest BCUT2D eigenvalue weighted by Crippen LogP contribution is -2.15. The molecule has 1 heterocycles. The summed E-state index contributed by atoms with van der Waals surface area (Å²) in [6, 6.07) is 32.1. The lowest BCUT2D eigenvalue weighted by atomic mass is 9.82. The van der Waals surface area contributed by atoms with E-state index in [2.05, 4.69) is 32.0 Å². The van der Waals surface area contributed by atoms with Crippen molar-refractivity contribution in [2.75, 3.05) is 0 Å². The van der Waals surface area contributed by atoms with Gasteiger partial charge in [0, 0.05) is 22.1 Å². The van der Waals surface area contributed by atoms with Crippen LogP contribution in [0.2, 0.25) is 0 Å². The molecule has 0 unspecified atom stereocenters. The van der Waals surface area contributed by atoms with Gasteiger partial charge in [-0.05, 0) is 40.5 Å². The third kappa shape index (κ3) is 3.66. The fourth-order valence-electron chi connectivity index (χ4n) is 4.92. The summed E-state index contributed by atoms with van der Waals surface area (Å²) in [5, 5.41) is 0. The van der Waals surface area contributed by atoms with Gasteiger partial charge in [-0.25, -0.2) is 15.0 Å². The van der Waals surface area contributed by atoms with Crippen molar-refractivity contribution < 1.29 is 9.53 Å². The van der Waals surface area contributed by atoms with Gasteiger partial charge in [0.1, 0.15) is 5.75 Å². The van der Waals surface area contributed by atoms with Crippen LogP contribution in [0.5, 0.6) is 5.75 Å². The van der Waals surface area contributed by atoms with E-state index < -0.39 is 0 Å². The van der Waals surface area contributed by atoms with E-state index in [-0.39, 0.29) is 5.41 Å². The number of fused-ring (bicyclic) bond motifs is 3. The van der Waals surface area contributed by atoms with Gasteiger partial charge in [-0.3, -0.25) is 4.79 Å². The van der Waals surface area contributed by atoms with Crippen molar-refractivity contribution in [1.82, 2.24) is 15.0 Å². The molecule has 4 aromatic carbocycles. The van der Waals surface area contributed by atoms with Crippen LogP contribution in [0, 0.1) is 0 Å². The van der Waals surface area contributed by atoms with Crippen LogP contribution in [0.3, 0.4) is 0 Å². The minimum absolute atomic E-state index is 0.277. The fraction of sp³-hybridized carbons (Fsp3) is 0.0968. The Bertz CT molecular complexity index is 1540. The number of nitrogens with zero attached hydrogens (tertiary/aromatic N) is 3. The first-order valence-electron chi connectivity index (χ1n) is 11.8. The van der Waals surface area contributed by atoms with E-state index in [0.29, 0.717) is 29.7 Å². The van der Waals surface area contributed by atoms with E-state index in [9.17, 15) is 4.79 Å². The van der Waals surface area contributed by atoms with Gasteiger partial charge in [0.05, 0.1) is 0 Å². The monoisotopic (exact) mass is 469 g/mol. The van der Waals surface area contributed by atoms with Crippen LogP contribution < -0.4 is 4.74 Å². The number of aromatic nitrogens is 3. The molecule has 0 atom stereocenters. The van der Waals surface area contributed by atoms with Crippen LogP contribution in [-0.4, -0.2) is 21.4 Å². The average molecular weight is 470 g/mol. The third-order valence-electron chi connectivity index (χ3n) is 6.79. The largest absolute Gasteiger partial charge is 0.429 e. The Balaban J connectivity index is 1.50. The molecule has 6 rings (SSSR count). The van der Waals surface area contributed by atoms with Crippen LogP contribution in [0.4, 0.5) is 0 Å². The zero-order valence-corrected chi connectivity index (χ0v) is 20.0. The summed E-state index contributed by atoms with van der Waals surface area (Å²) < 4.78 is 5.12. The van der Waals surface area contributed by atoms with Crippen molar-refractivity contribution in [3.05, 3.63) is 108 Å². The standard InChI is InChI=1S/C31H23N3O2/c1-31(2)26-17-22(13-15-24(26)25-16-14-23(36-19-35)18-27(25)31)30-33-28(20-9-5-3-6-10-20)32-29(34-30)21-11-7-4-8-12-21/h3-19H,1-2H3. The smallest absolute Gasteiger partial charge is 0.298 e.